The molecule has 2 fully saturated rings. The lowest BCUT2D eigenvalue weighted by Crippen LogP contribution is -2.39. The zero-order chi connectivity index (χ0) is 16.6. The van der Waals surface area contributed by atoms with E-state index in [0.717, 1.165) is 11.3 Å². The van der Waals surface area contributed by atoms with Crippen molar-refractivity contribution in [1.29, 1.82) is 0 Å². The average Bonchev–Trinajstić information content (AvgIpc) is 2.95. The Balaban J connectivity index is 1.80. The minimum absolute atomic E-state index is 0.0109. The van der Waals surface area contributed by atoms with Gasteiger partial charge in [-0.2, -0.15) is 0 Å². The van der Waals surface area contributed by atoms with Crippen LogP contribution in [0.5, 0.6) is 5.75 Å². The lowest BCUT2D eigenvalue weighted by Gasteiger charge is -2.29. The Bertz CT molecular complexity index is 596. The Labute approximate surface area is 136 Å². The molecule has 0 aromatic heterocycles. The van der Waals surface area contributed by atoms with E-state index in [4.69, 9.17) is 14.2 Å². The maximum absolute atomic E-state index is 12.7. The molecule has 0 aliphatic carbocycles. The summed E-state index contributed by atoms with van der Waals surface area (Å²) in [6.45, 7) is 8.03. The molecule has 5 heteroatoms. The molecule has 0 radical (unpaired) electrons. The van der Waals surface area contributed by atoms with E-state index in [1.54, 1.807) is 7.11 Å². The first-order valence-corrected chi connectivity index (χ1v) is 7.85. The number of fused-ring (bicyclic) bond motifs is 1. The van der Waals surface area contributed by atoms with Crippen LogP contribution in [0.25, 0.3) is 0 Å². The second-order valence-electron chi connectivity index (χ2n) is 6.43. The van der Waals surface area contributed by atoms with Gasteiger partial charge in [0, 0.05) is 6.54 Å². The quantitative estimate of drug-likeness (QED) is 0.783. The fraction of sp³-hybridized carbons (Fsp3) is 0.500. The monoisotopic (exact) mass is 317 g/mol. The van der Waals surface area contributed by atoms with E-state index >= 15 is 0 Å². The number of carbonyl (C=O) groups excluding carboxylic acids is 1. The Morgan fingerprint density at radius 2 is 2.00 bits per heavy atom. The highest BCUT2D eigenvalue weighted by Gasteiger charge is 2.56. The molecular weight excluding hydrogens is 294 g/mol. The maximum Gasteiger partial charge on any atom is 0.255 e. The van der Waals surface area contributed by atoms with Gasteiger partial charge in [0.2, 0.25) is 0 Å². The van der Waals surface area contributed by atoms with Crippen molar-refractivity contribution in [3.8, 4) is 5.75 Å². The van der Waals surface area contributed by atoms with E-state index < -0.39 is 11.9 Å². The highest BCUT2D eigenvalue weighted by Crippen LogP contribution is 2.39. The normalized spacial score (nSPS) is 28.7. The molecule has 1 aromatic rings. The predicted octanol–water partition coefficient (Wildman–Crippen LogP) is 2.50. The summed E-state index contributed by atoms with van der Waals surface area (Å²) in [5.74, 6) is 0.0778. The summed E-state index contributed by atoms with van der Waals surface area (Å²) < 4.78 is 16.9. The van der Waals surface area contributed by atoms with Gasteiger partial charge in [-0.25, -0.2) is 0 Å². The van der Waals surface area contributed by atoms with Gasteiger partial charge in [-0.05, 0) is 38.0 Å². The van der Waals surface area contributed by atoms with Crippen molar-refractivity contribution >= 4 is 5.91 Å². The molecule has 2 aliphatic heterocycles. The van der Waals surface area contributed by atoms with Crippen LogP contribution in [0.3, 0.4) is 0 Å². The van der Waals surface area contributed by atoms with Crippen LogP contribution >= 0.6 is 0 Å². The van der Waals surface area contributed by atoms with Gasteiger partial charge >= 0.3 is 0 Å². The summed E-state index contributed by atoms with van der Waals surface area (Å²) in [6.07, 6.45) is 1.75. The Morgan fingerprint density at radius 3 is 2.61 bits per heavy atom. The summed E-state index contributed by atoms with van der Waals surface area (Å²) >= 11 is 0. The highest BCUT2D eigenvalue weighted by atomic mass is 16.8. The number of ether oxygens (including phenoxy) is 3. The van der Waals surface area contributed by atoms with Gasteiger partial charge < -0.3 is 19.1 Å². The van der Waals surface area contributed by atoms with Gasteiger partial charge in [-0.15, -0.1) is 6.58 Å². The van der Waals surface area contributed by atoms with E-state index in [1.807, 2.05) is 49.1 Å². The van der Waals surface area contributed by atoms with Crippen LogP contribution in [-0.4, -0.2) is 42.0 Å². The number of nitrogens with zero attached hydrogens (tertiary/aromatic N) is 1. The molecule has 0 unspecified atom stereocenters. The summed E-state index contributed by atoms with van der Waals surface area (Å²) in [6, 6.07) is 7.69. The zero-order valence-electron chi connectivity index (χ0n) is 13.8. The van der Waals surface area contributed by atoms with Gasteiger partial charge in [0.25, 0.3) is 5.91 Å². The molecule has 5 nitrogen and oxygen atoms in total. The second kappa shape index (κ2) is 5.98. The molecule has 3 rings (SSSR count). The van der Waals surface area contributed by atoms with Gasteiger partial charge in [-0.1, -0.05) is 18.2 Å². The number of amides is 1. The SMILES string of the molecule is C=CC[C@H]1[C@@H]2OC(C)(C)O[C@@H]2C(=O)N1Cc1ccc(OC)cc1. The first-order chi connectivity index (χ1) is 10.9. The van der Waals surface area contributed by atoms with Crippen LogP contribution in [0, 0.1) is 0 Å². The molecule has 3 atom stereocenters. The van der Waals surface area contributed by atoms with Gasteiger partial charge in [0.05, 0.1) is 13.2 Å². The van der Waals surface area contributed by atoms with Gasteiger partial charge in [0.1, 0.15) is 11.9 Å². The van der Waals surface area contributed by atoms with Crippen LogP contribution in [0.2, 0.25) is 0 Å². The number of hydrogen-bond donors (Lipinski definition) is 0. The molecule has 0 N–H and O–H groups in total. The third-order valence-corrected chi connectivity index (χ3v) is 4.36. The molecule has 1 amide bonds. The first kappa shape index (κ1) is 16.0. The summed E-state index contributed by atoms with van der Waals surface area (Å²) in [4.78, 5) is 14.6. The molecule has 0 saturated carbocycles. The van der Waals surface area contributed by atoms with Crippen LogP contribution in [0.15, 0.2) is 36.9 Å². The number of methoxy groups -OCH3 is 1. The molecule has 124 valence electrons. The zero-order valence-corrected chi connectivity index (χ0v) is 13.8. The standard InChI is InChI=1S/C18H23NO4/c1-5-6-14-15-16(23-18(2,3)22-15)17(20)19(14)11-12-7-9-13(21-4)10-8-12/h5,7-10,14-16H,1,6,11H2,2-4H3/t14-,15-,16-/m0/s1. The van der Waals surface area contributed by atoms with Crippen molar-refractivity contribution in [2.75, 3.05) is 7.11 Å². The smallest absolute Gasteiger partial charge is 0.255 e. The van der Waals surface area contributed by atoms with Crippen molar-refractivity contribution in [2.24, 2.45) is 0 Å². The Hall–Kier alpha value is -1.85. The third kappa shape index (κ3) is 2.99. The van der Waals surface area contributed by atoms with E-state index in [1.165, 1.54) is 0 Å². The molecular formula is C18H23NO4. The predicted molar refractivity (Wildman–Crippen MR) is 86.0 cm³/mol. The minimum atomic E-state index is -0.712. The minimum Gasteiger partial charge on any atom is -0.497 e. The Kier molecular flexibility index (Phi) is 4.17. The van der Waals surface area contributed by atoms with Crippen molar-refractivity contribution < 1.29 is 19.0 Å². The molecule has 1 aromatic carbocycles. The van der Waals surface area contributed by atoms with E-state index in [0.29, 0.717) is 13.0 Å². The second-order valence-corrected chi connectivity index (χ2v) is 6.43. The molecule has 0 bridgehead atoms. The maximum atomic E-state index is 12.7. The Morgan fingerprint density at radius 1 is 1.30 bits per heavy atom. The average molecular weight is 317 g/mol. The molecule has 2 saturated heterocycles. The first-order valence-electron chi connectivity index (χ1n) is 7.85. The fourth-order valence-electron chi connectivity index (χ4n) is 3.32. The van der Waals surface area contributed by atoms with Crippen molar-refractivity contribution in [3.63, 3.8) is 0 Å². The number of likely N-dealkylation sites (tertiary alicyclic amines) is 1. The van der Waals surface area contributed by atoms with Gasteiger partial charge in [0.15, 0.2) is 11.9 Å². The molecule has 2 aliphatic rings. The van der Waals surface area contributed by atoms with E-state index in [-0.39, 0.29) is 18.1 Å². The van der Waals surface area contributed by atoms with Crippen LogP contribution < -0.4 is 4.74 Å². The molecule has 2 heterocycles. The molecule has 0 spiro atoms. The van der Waals surface area contributed by atoms with Crippen LogP contribution in [0.4, 0.5) is 0 Å². The number of carbonyl (C=O) groups is 1. The number of hydrogen-bond acceptors (Lipinski definition) is 4. The number of rotatable bonds is 5. The van der Waals surface area contributed by atoms with Crippen LogP contribution in [-0.2, 0) is 20.8 Å². The topological polar surface area (TPSA) is 48.0 Å². The fourth-order valence-corrected chi connectivity index (χ4v) is 3.32. The highest BCUT2D eigenvalue weighted by molar-refractivity contribution is 5.85. The lowest BCUT2D eigenvalue weighted by molar-refractivity contribution is -0.173. The number of benzene rings is 1. The van der Waals surface area contributed by atoms with E-state index in [2.05, 4.69) is 6.58 Å². The molecule has 23 heavy (non-hydrogen) atoms. The van der Waals surface area contributed by atoms with Crippen LogP contribution in [0.1, 0.15) is 25.8 Å². The van der Waals surface area contributed by atoms with E-state index in [9.17, 15) is 4.79 Å². The summed E-state index contributed by atoms with van der Waals surface area (Å²) in [7, 11) is 1.64. The third-order valence-electron chi connectivity index (χ3n) is 4.36. The largest absolute Gasteiger partial charge is 0.497 e. The van der Waals surface area contributed by atoms with Gasteiger partial charge in [-0.3, -0.25) is 4.79 Å². The van der Waals surface area contributed by atoms with Crippen molar-refractivity contribution in [2.45, 2.75) is 50.8 Å². The summed E-state index contributed by atoms with van der Waals surface area (Å²) in [5.41, 5.74) is 1.05. The van der Waals surface area contributed by atoms with Crippen molar-refractivity contribution in [1.82, 2.24) is 4.90 Å². The summed E-state index contributed by atoms with van der Waals surface area (Å²) in [5, 5.41) is 0. The lowest BCUT2D eigenvalue weighted by atomic mass is 10.1. The van der Waals surface area contributed by atoms with Crippen molar-refractivity contribution in [3.05, 3.63) is 42.5 Å².